The zero-order valence-corrected chi connectivity index (χ0v) is 11.3. The molecule has 0 aromatic rings. The molecule has 1 fully saturated rings. The van der Waals surface area contributed by atoms with Crippen LogP contribution in [0.25, 0.3) is 0 Å². The molecule has 1 rings (SSSR count). The molecule has 18 heavy (non-hydrogen) atoms. The minimum Gasteiger partial charge on any atom is -0.466 e. The van der Waals surface area contributed by atoms with Gasteiger partial charge in [0.15, 0.2) is 0 Å². The fourth-order valence-corrected chi connectivity index (χ4v) is 2.13. The summed E-state index contributed by atoms with van der Waals surface area (Å²) in [5, 5.41) is 0. The standard InChI is InChI=1S/C14H24O4/c1-2-10-17-13(15)8-9-14(16)18-11-12-6-4-3-5-7-12/h12H,2-11H2,1H3. The van der Waals surface area contributed by atoms with Gasteiger partial charge in [-0.05, 0) is 25.2 Å². The lowest BCUT2D eigenvalue weighted by Crippen LogP contribution is -2.17. The third kappa shape index (κ3) is 6.62. The molecule has 0 heterocycles. The summed E-state index contributed by atoms with van der Waals surface area (Å²) in [5.74, 6) is -0.0739. The summed E-state index contributed by atoms with van der Waals surface area (Å²) in [6.07, 6.45) is 7.17. The molecule has 0 radical (unpaired) electrons. The molecule has 0 saturated heterocycles. The van der Waals surface area contributed by atoms with Crippen LogP contribution in [0.2, 0.25) is 0 Å². The van der Waals surface area contributed by atoms with Crippen LogP contribution >= 0.6 is 0 Å². The molecule has 0 atom stereocenters. The first kappa shape index (κ1) is 15.0. The smallest absolute Gasteiger partial charge is 0.306 e. The van der Waals surface area contributed by atoms with Gasteiger partial charge in [-0.3, -0.25) is 9.59 Å². The van der Waals surface area contributed by atoms with Crippen molar-refractivity contribution in [2.45, 2.75) is 58.3 Å². The van der Waals surface area contributed by atoms with Gasteiger partial charge < -0.3 is 9.47 Å². The quantitative estimate of drug-likeness (QED) is 0.657. The summed E-state index contributed by atoms with van der Waals surface area (Å²) >= 11 is 0. The third-order valence-electron chi connectivity index (χ3n) is 3.21. The van der Waals surface area contributed by atoms with E-state index in [-0.39, 0.29) is 24.8 Å². The molecule has 0 bridgehead atoms. The van der Waals surface area contributed by atoms with Crippen LogP contribution in [0.5, 0.6) is 0 Å². The molecule has 0 amide bonds. The molecule has 0 aromatic carbocycles. The van der Waals surface area contributed by atoms with E-state index < -0.39 is 0 Å². The number of esters is 2. The van der Waals surface area contributed by atoms with Gasteiger partial charge in [0.1, 0.15) is 0 Å². The van der Waals surface area contributed by atoms with Crippen molar-refractivity contribution in [2.24, 2.45) is 5.92 Å². The molecule has 1 aliphatic carbocycles. The highest BCUT2D eigenvalue weighted by molar-refractivity contribution is 5.77. The Morgan fingerprint density at radius 3 is 2.22 bits per heavy atom. The van der Waals surface area contributed by atoms with Crippen molar-refractivity contribution in [1.82, 2.24) is 0 Å². The fourth-order valence-electron chi connectivity index (χ4n) is 2.13. The number of ether oxygens (including phenoxy) is 2. The lowest BCUT2D eigenvalue weighted by molar-refractivity contribution is -0.151. The maximum absolute atomic E-state index is 11.4. The number of rotatable bonds is 7. The summed E-state index contributed by atoms with van der Waals surface area (Å²) in [4.78, 5) is 22.6. The van der Waals surface area contributed by atoms with Crippen LogP contribution in [0.15, 0.2) is 0 Å². The van der Waals surface area contributed by atoms with E-state index >= 15 is 0 Å². The Balaban J connectivity index is 2.04. The summed E-state index contributed by atoms with van der Waals surface area (Å²) in [5.41, 5.74) is 0. The molecule has 0 N–H and O–H groups in total. The van der Waals surface area contributed by atoms with Crippen molar-refractivity contribution in [3.63, 3.8) is 0 Å². The van der Waals surface area contributed by atoms with Crippen LogP contribution in [-0.4, -0.2) is 25.2 Å². The third-order valence-corrected chi connectivity index (χ3v) is 3.21. The Morgan fingerprint density at radius 1 is 1.00 bits per heavy atom. The van der Waals surface area contributed by atoms with Gasteiger partial charge in [-0.25, -0.2) is 0 Å². The lowest BCUT2D eigenvalue weighted by atomic mass is 9.90. The van der Waals surface area contributed by atoms with Gasteiger partial charge in [0.2, 0.25) is 0 Å². The summed E-state index contributed by atoms with van der Waals surface area (Å²) in [6.45, 7) is 2.88. The Kier molecular flexibility index (Phi) is 7.46. The molecule has 1 aliphatic rings. The fraction of sp³-hybridized carbons (Fsp3) is 0.857. The van der Waals surface area contributed by atoms with E-state index in [1.165, 1.54) is 19.3 Å². The predicted molar refractivity (Wildman–Crippen MR) is 68.0 cm³/mol. The topological polar surface area (TPSA) is 52.6 Å². The van der Waals surface area contributed by atoms with Gasteiger partial charge in [0.25, 0.3) is 0 Å². The van der Waals surface area contributed by atoms with Gasteiger partial charge in [-0.15, -0.1) is 0 Å². The molecule has 0 unspecified atom stereocenters. The van der Waals surface area contributed by atoms with E-state index in [0.717, 1.165) is 19.3 Å². The normalized spacial score (nSPS) is 16.3. The maximum atomic E-state index is 11.4. The summed E-state index contributed by atoms with van der Waals surface area (Å²) < 4.78 is 10.1. The van der Waals surface area contributed by atoms with Crippen LogP contribution in [0.4, 0.5) is 0 Å². The van der Waals surface area contributed by atoms with Crippen LogP contribution < -0.4 is 0 Å². The average molecular weight is 256 g/mol. The molecule has 0 aliphatic heterocycles. The second-order valence-corrected chi connectivity index (χ2v) is 4.91. The van der Waals surface area contributed by atoms with Crippen LogP contribution in [-0.2, 0) is 19.1 Å². The Morgan fingerprint density at radius 2 is 1.61 bits per heavy atom. The SMILES string of the molecule is CCCOC(=O)CCC(=O)OCC1CCCCC1. The molecule has 4 heteroatoms. The van der Waals surface area contributed by atoms with E-state index in [0.29, 0.717) is 19.1 Å². The molecular formula is C14H24O4. The van der Waals surface area contributed by atoms with Gasteiger partial charge in [0.05, 0.1) is 26.1 Å². The number of hydrogen-bond donors (Lipinski definition) is 0. The van der Waals surface area contributed by atoms with Gasteiger partial charge in [-0.1, -0.05) is 26.2 Å². The largest absolute Gasteiger partial charge is 0.466 e. The zero-order chi connectivity index (χ0) is 13.2. The minimum atomic E-state index is -0.313. The predicted octanol–water partition coefficient (Wildman–Crippen LogP) is 2.84. The first-order chi connectivity index (χ1) is 8.72. The summed E-state index contributed by atoms with van der Waals surface area (Å²) in [6, 6.07) is 0. The van der Waals surface area contributed by atoms with Gasteiger partial charge >= 0.3 is 11.9 Å². The Labute approximate surface area is 109 Å². The van der Waals surface area contributed by atoms with Crippen molar-refractivity contribution in [3.8, 4) is 0 Å². The Hall–Kier alpha value is -1.06. The molecule has 1 saturated carbocycles. The van der Waals surface area contributed by atoms with E-state index in [4.69, 9.17) is 9.47 Å². The number of hydrogen-bond acceptors (Lipinski definition) is 4. The summed E-state index contributed by atoms with van der Waals surface area (Å²) in [7, 11) is 0. The van der Waals surface area contributed by atoms with Crippen molar-refractivity contribution in [2.75, 3.05) is 13.2 Å². The van der Waals surface area contributed by atoms with Gasteiger partial charge in [-0.2, -0.15) is 0 Å². The monoisotopic (exact) mass is 256 g/mol. The number of carbonyl (C=O) groups excluding carboxylic acids is 2. The molecule has 4 nitrogen and oxygen atoms in total. The Bertz CT molecular complexity index is 257. The second kappa shape index (κ2) is 8.95. The van der Waals surface area contributed by atoms with E-state index in [9.17, 15) is 9.59 Å². The van der Waals surface area contributed by atoms with Crippen molar-refractivity contribution < 1.29 is 19.1 Å². The first-order valence-electron chi connectivity index (χ1n) is 7.03. The van der Waals surface area contributed by atoms with Crippen LogP contribution in [0.1, 0.15) is 58.3 Å². The van der Waals surface area contributed by atoms with Crippen LogP contribution in [0, 0.1) is 5.92 Å². The molecular weight excluding hydrogens is 232 g/mol. The average Bonchev–Trinajstić information content (AvgIpc) is 2.41. The molecule has 0 spiro atoms. The number of carbonyl (C=O) groups is 2. The van der Waals surface area contributed by atoms with Crippen molar-refractivity contribution >= 4 is 11.9 Å². The molecule has 0 aromatic heterocycles. The highest BCUT2D eigenvalue weighted by Gasteiger charge is 2.16. The highest BCUT2D eigenvalue weighted by Crippen LogP contribution is 2.23. The minimum absolute atomic E-state index is 0.128. The van der Waals surface area contributed by atoms with E-state index in [2.05, 4.69) is 0 Å². The van der Waals surface area contributed by atoms with Crippen molar-refractivity contribution in [1.29, 1.82) is 0 Å². The second-order valence-electron chi connectivity index (χ2n) is 4.91. The first-order valence-corrected chi connectivity index (χ1v) is 7.03. The lowest BCUT2D eigenvalue weighted by Gasteiger charge is -2.20. The van der Waals surface area contributed by atoms with Crippen molar-refractivity contribution in [3.05, 3.63) is 0 Å². The van der Waals surface area contributed by atoms with Crippen LogP contribution in [0.3, 0.4) is 0 Å². The van der Waals surface area contributed by atoms with Gasteiger partial charge in [0, 0.05) is 0 Å². The van der Waals surface area contributed by atoms with E-state index in [1.54, 1.807) is 0 Å². The van der Waals surface area contributed by atoms with E-state index in [1.807, 2.05) is 6.92 Å². The highest BCUT2D eigenvalue weighted by atomic mass is 16.5. The maximum Gasteiger partial charge on any atom is 0.306 e. The molecule has 104 valence electrons. The zero-order valence-electron chi connectivity index (χ0n) is 11.3.